The maximum Gasteiger partial charge on any atom is 0.253 e. The summed E-state index contributed by atoms with van der Waals surface area (Å²) in [7, 11) is 0. The van der Waals surface area contributed by atoms with Gasteiger partial charge < -0.3 is 10.6 Å². The first-order valence-corrected chi connectivity index (χ1v) is 10.7. The van der Waals surface area contributed by atoms with Crippen molar-refractivity contribution in [3.05, 3.63) is 77.9 Å². The summed E-state index contributed by atoms with van der Waals surface area (Å²) in [6, 6.07) is 16.0. The van der Waals surface area contributed by atoms with Crippen LogP contribution in [0.15, 0.2) is 66.7 Å². The van der Waals surface area contributed by atoms with E-state index in [0.29, 0.717) is 24.1 Å². The topological polar surface area (TPSA) is 95.6 Å². The first-order valence-electron chi connectivity index (χ1n) is 10.7. The quantitative estimate of drug-likeness (QED) is 0.543. The lowest BCUT2D eigenvalue weighted by Crippen LogP contribution is -2.38. The molecule has 0 saturated carbocycles. The Hall–Kier alpha value is -3.74. The van der Waals surface area contributed by atoms with Gasteiger partial charge in [0.25, 0.3) is 5.91 Å². The lowest BCUT2D eigenvalue weighted by atomic mass is 9.85. The summed E-state index contributed by atoms with van der Waals surface area (Å²) >= 11 is 0. The molecule has 3 atom stereocenters. The number of fused-ring (bicyclic) bond motifs is 1. The van der Waals surface area contributed by atoms with Gasteiger partial charge in [0.1, 0.15) is 6.54 Å². The number of anilines is 1. The van der Waals surface area contributed by atoms with Gasteiger partial charge in [-0.2, -0.15) is 0 Å². The molecular weight excluding hydrogens is 406 g/mol. The van der Waals surface area contributed by atoms with Crippen molar-refractivity contribution in [3.8, 4) is 0 Å². The number of hydrogen-bond acceptors (Lipinski definition) is 4. The molecule has 2 aromatic rings. The second kappa shape index (κ2) is 9.18. The van der Waals surface area contributed by atoms with E-state index in [1.54, 1.807) is 24.3 Å². The van der Waals surface area contributed by atoms with Crippen molar-refractivity contribution in [2.24, 2.45) is 11.8 Å². The number of nitrogens with one attached hydrogen (secondary N) is 2. The van der Waals surface area contributed by atoms with Gasteiger partial charge in [0, 0.05) is 0 Å². The van der Waals surface area contributed by atoms with Crippen LogP contribution in [0.2, 0.25) is 0 Å². The Morgan fingerprint density at radius 1 is 0.938 bits per heavy atom. The normalized spacial score (nSPS) is 20.6. The summed E-state index contributed by atoms with van der Waals surface area (Å²) in [5.41, 5.74) is 1.60. The number of allylic oxidation sites excluding steroid dienone is 2. The number of carbonyl (C=O) groups is 4. The average molecular weight is 431 g/mol. The third-order valence-electron chi connectivity index (χ3n) is 5.99. The number of benzene rings is 2. The minimum atomic E-state index is -0.519. The summed E-state index contributed by atoms with van der Waals surface area (Å²) in [6.45, 7) is 1.52. The van der Waals surface area contributed by atoms with Crippen LogP contribution in [0.4, 0.5) is 5.69 Å². The highest BCUT2D eigenvalue weighted by molar-refractivity contribution is 6.10. The van der Waals surface area contributed by atoms with Gasteiger partial charge in [-0.25, -0.2) is 0 Å². The maximum absolute atomic E-state index is 12.9. The molecule has 0 bridgehead atoms. The van der Waals surface area contributed by atoms with Gasteiger partial charge in [0.2, 0.25) is 17.7 Å². The second-order valence-electron chi connectivity index (χ2n) is 8.12. The highest BCUT2D eigenvalue weighted by Crippen LogP contribution is 2.34. The van der Waals surface area contributed by atoms with Crippen LogP contribution in [0, 0.1) is 11.8 Å². The first-order chi connectivity index (χ1) is 15.5. The molecule has 4 amide bonds. The van der Waals surface area contributed by atoms with E-state index in [1.807, 2.05) is 49.4 Å². The number of carbonyl (C=O) groups excluding carboxylic acids is 4. The number of amides is 4. The average Bonchev–Trinajstić information content (AvgIpc) is 3.05. The summed E-state index contributed by atoms with van der Waals surface area (Å²) in [4.78, 5) is 51.8. The summed E-state index contributed by atoms with van der Waals surface area (Å²) in [5.74, 6) is -2.21. The Kier molecular flexibility index (Phi) is 6.16. The van der Waals surface area contributed by atoms with Crippen LogP contribution in [0.3, 0.4) is 0 Å². The molecule has 1 heterocycles. The predicted octanol–water partition coefficient (Wildman–Crippen LogP) is 3.07. The van der Waals surface area contributed by atoms with Crippen LogP contribution in [-0.2, 0) is 14.4 Å². The number of imide groups is 1. The predicted molar refractivity (Wildman–Crippen MR) is 119 cm³/mol. The van der Waals surface area contributed by atoms with Crippen LogP contribution in [0.25, 0.3) is 0 Å². The van der Waals surface area contributed by atoms with E-state index in [0.717, 1.165) is 10.5 Å². The van der Waals surface area contributed by atoms with E-state index in [4.69, 9.17) is 0 Å². The molecule has 1 saturated heterocycles. The Morgan fingerprint density at radius 3 is 2.19 bits per heavy atom. The van der Waals surface area contributed by atoms with E-state index >= 15 is 0 Å². The van der Waals surface area contributed by atoms with Crippen LogP contribution in [0.5, 0.6) is 0 Å². The van der Waals surface area contributed by atoms with Crippen LogP contribution < -0.4 is 10.6 Å². The molecule has 32 heavy (non-hydrogen) atoms. The van der Waals surface area contributed by atoms with Crippen LogP contribution in [-0.4, -0.2) is 35.1 Å². The minimum Gasteiger partial charge on any atom is -0.345 e. The van der Waals surface area contributed by atoms with Crippen molar-refractivity contribution < 1.29 is 19.2 Å². The Morgan fingerprint density at radius 2 is 1.53 bits per heavy atom. The summed E-state index contributed by atoms with van der Waals surface area (Å²) < 4.78 is 0. The SMILES string of the molecule is C[C@H](NC(=O)c1ccccc1NC(=O)CN1C(=O)[C@H]2CC=CC[C@H]2C1=O)c1ccccc1. The Bertz CT molecular complexity index is 1050. The number of para-hydroxylation sites is 1. The zero-order valence-electron chi connectivity index (χ0n) is 17.8. The van der Waals surface area contributed by atoms with Crippen LogP contribution >= 0.6 is 0 Å². The molecule has 0 unspecified atom stereocenters. The maximum atomic E-state index is 12.9. The molecule has 7 nitrogen and oxygen atoms in total. The van der Waals surface area contributed by atoms with E-state index in [9.17, 15) is 19.2 Å². The summed E-state index contributed by atoms with van der Waals surface area (Å²) in [6.07, 6.45) is 4.86. The van der Waals surface area contributed by atoms with Gasteiger partial charge in [0.05, 0.1) is 29.1 Å². The molecular formula is C25H25N3O4. The van der Waals surface area contributed by atoms with Crippen LogP contribution in [0.1, 0.15) is 41.7 Å². The van der Waals surface area contributed by atoms with Crippen molar-refractivity contribution >= 4 is 29.3 Å². The third-order valence-corrected chi connectivity index (χ3v) is 5.99. The molecule has 0 spiro atoms. The lowest BCUT2D eigenvalue weighted by Gasteiger charge is -2.18. The van der Waals surface area contributed by atoms with E-state index in [1.165, 1.54) is 0 Å². The first kappa shape index (κ1) is 21.5. The van der Waals surface area contributed by atoms with Gasteiger partial charge in [-0.15, -0.1) is 0 Å². The van der Waals surface area contributed by atoms with Gasteiger partial charge in [0.15, 0.2) is 0 Å². The van der Waals surface area contributed by atoms with Gasteiger partial charge in [-0.1, -0.05) is 54.6 Å². The third kappa shape index (κ3) is 4.32. The second-order valence-corrected chi connectivity index (χ2v) is 8.12. The largest absolute Gasteiger partial charge is 0.345 e. The van der Waals surface area contributed by atoms with Gasteiger partial charge in [-0.05, 0) is 37.5 Å². The number of likely N-dealkylation sites (tertiary alicyclic amines) is 1. The highest BCUT2D eigenvalue weighted by atomic mass is 16.2. The fraction of sp³-hybridized carbons (Fsp3) is 0.280. The monoisotopic (exact) mass is 431 g/mol. The molecule has 0 radical (unpaired) electrons. The molecule has 2 N–H and O–H groups in total. The van der Waals surface area contributed by atoms with Gasteiger partial charge >= 0.3 is 0 Å². The van der Waals surface area contributed by atoms with Gasteiger partial charge in [-0.3, -0.25) is 24.1 Å². The number of nitrogens with zero attached hydrogens (tertiary/aromatic N) is 1. The zero-order chi connectivity index (χ0) is 22.7. The van der Waals surface area contributed by atoms with Crippen molar-refractivity contribution in [2.75, 3.05) is 11.9 Å². The number of hydrogen-bond donors (Lipinski definition) is 2. The summed E-state index contributed by atoms with van der Waals surface area (Å²) in [5, 5.41) is 5.62. The zero-order valence-corrected chi connectivity index (χ0v) is 17.8. The molecule has 2 aliphatic rings. The fourth-order valence-electron chi connectivity index (χ4n) is 4.25. The van der Waals surface area contributed by atoms with E-state index in [-0.39, 0.29) is 42.1 Å². The fourth-order valence-corrected chi connectivity index (χ4v) is 4.25. The standard InChI is InChI=1S/C25H25N3O4/c1-16(17-9-3-2-4-10-17)26-23(30)20-13-7-8-14-21(20)27-22(29)15-28-24(31)18-11-5-6-12-19(18)25(28)32/h2-10,13-14,16,18-19H,11-12,15H2,1H3,(H,26,30)(H,27,29)/t16-,18-,19+/m0/s1. The van der Waals surface area contributed by atoms with Crippen molar-refractivity contribution in [1.82, 2.24) is 10.2 Å². The molecule has 1 aliphatic carbocycles. The molecule has 7 heteroatoms. The smallest absolute Gasteiger partial charge is 0.253 e. The Labute approximate surface area is 186 Å². The molecule has 0 aromatic heterocycles. The highest BCUT2D eigenvalue weighted by Gasteiger charge is 2.47. The molecule has 2 aromatic carbocycles. The lowest BCUT2D eigenvalue weighted by molar-refractivity contribution is -0.142. The molecule has 1 fully saturated rings. The van der Waals surface area contributed by atoms with E-state index < -0.39 is 5.91 Å². The Balaban J connectivity index is 1.43. The minimum absolute atomic E-state index is 0.218. The molecule has 164 valence electrons. The van der Waals surface area contributed by atoms with Crippen molar-refractivity contribution in [1.29, 1.82) is 0 Å². The van der Waals surface area contributed by atoms with Crippen molar-refractivity contribution in [3.63, 3.8) is 0 Å². The number of rotatable bonds is 6. The molecule has 4 rings (SSSR count). The van der Waals surface area contributed by atoms with Crippen molar-refractivity contribution in [2.45, 2.75) is 25.8 Å². The molecule has 1 aliphatic heterocycles. The van der Waals surface area contributed by atoms with E-state index in [2.05, 4.69) is 10.6 Å².